The first-order valence-electron chi connectivity index (χ1n) is 10.4. The summed E-state index contributed by atoms with van der Waals surface area (Å²) in [6.07, 6.45) is 0. The van der Waals surface area contributed by atoms with Crippen molar-refractivity contribution in [2.45, 2.75) is 12.6 Å². The van der Waals surface area contributed by atoms with Gasteiger partial charge in [-0.1, -0.05) is 12.1 Å². The van der Waals surface area contributed by atoms with Crippen LogP contribution in [-0.4, -0.2) is 67.2 Å². The summed E-state index contributed by atoms with van der Waals surface area (Å²) in [5.74, 6) is 1.27. The molecule has 0 aliphatic carbocycles. The Morgan fingerprint density at radius 2 is 1.81 bits per heavy atom. The molecule has 0 saturated carbocycles. The molecule has 1 atom stereocenters. The molecule has 4 rings (SSSR count). The van der Waals surface area contributed by atoms with Gasteiger partial charge in [0.05, 0.1) is 52.0 Å². The van der Waals surface area contributed by atoms with Crippen LogP contribution in [0.15, 0.2) is 48.5 Å². The van der Waals surface area contributed by atoms with E-state index in [1.54, 1.807) is 25.0 Å². The van der Waals surface area contributed by atoms with E-state index in [1.807, 2.05) is 24.3 Å². The van der Waals surface area contributed by atoms with Gasteiger partial charge in [0.15, 0.2) is 6.04 Å². The van der Waals surface area contributed by atoms with E-state index in [0.717, 1.165) is 37.6 Å². The van der Waals surface area contributed by atoms with E-state index in [9.17, 15) is 4.39 Å². The summed E-state index contributed by atoms with van der Waals surface area (Å²) in [5, 5.41) is 12.3. The number of nitrogens with one attached hydrogen (secondary N) is 1. The Morgan fingerprint density at radius 3 is 2.48 bits per heavy atom. The molecule has 164 valence electrons. The first kappa shape index (κ1) is 21.2. The molecule has 2 aromatic carbocycles. The summed E-state index contributed by atoms with van der Waals surface area (Å²) in [4.78, 5) is 3.58. The summed E-state index contributed by atoms with van der Waals surface area (Å²) in [6, 6.07) is 14.7. The quantitative estimate of drug-likeness (QED) is 0.578. The molecular formula is C22H28FN6O2+. The number of piperazine rings is 1. The number of quaternary nitrogens is 1. The predicted octanol–water partition coefficient (Wildman–Crippen LogP) is 0.962. The number of aromatic nitrogens is 4. The molecular weight excluding hydrogens is 399 g/mol. The molecule has 1 aromatic heterocycles. The molecule has 1 aliphatic heterocycles. The van der Waals surface area contributed by atoms with Crippen molar-refractivity contribution >= 4 is 5.69 Å². The van der Waals surface area contributed by atoms with Crippen LogP contribution in [0, 0.1) is 5.82 Å². The standard InChI is InChI=1S/C22H27FN6O2/c1-30-16-15-29-22(24-25-26-29)21(19-5-3-4-6-20(19)23)28-13-11-27(12-14-28)17-7-9-18(31-2)10-8-17/h3-10,21H,11-16H2,1-2H3/p+1/t21-/m1/s1. The van der Waals surface area contributed by atoms with Crippen LogP contribution in [0.3, 0.4) is 0 Å². The minimum atomic E-state index is -0.286. The third-order valence-electron chi connectivity index (χ3n) is 5.79. The van der Waals surface area contributed by atoms with Gasteiger partial charge in [0.2, 0.25) is 5.82 Å². The second kappa shape index (κ2) is 9.84. The lowest BCUT2D eigenvalue weighted by Crippen LogP contribution is -3.15. The van der Waals surface area contributed by atoms with Gasteiger partial charge in [-0.2, -0.15) is 0 Å². The number of benzene rings is 2. The van der Waals surface area contributed by atoms with E-state index < -0.39 is 0 Å². The first-order valence-corrected chi connectivity index (χ1v) is 10.4. The second-order valence-corrected chi connectivity index (χ2v) is 7.55. The number of hydrogen-bond donors (Lipinski definition) is 1. The lowest BCUT2D eigenvalue weighted by atomic mass is 10.0. The van der Waals surface area contributed by atoms with Crippen LogP contribution in [0.25, 0.3) is 0 Å². The number of nitrogens with zero attached hydrogens (tertiary/aromatic N) is 5. The predicted molar refractivity (Wildman–Crippen MR) is 114 cm³/mol. The first-order chi connectivity index (χ1) is 15.2. The Kier molecular flexibility index (Phi) is 6.73. The number of halogens is 1. The van der Waals surface area contributed by atoms with E-state index in [1.165, 1.54) is 11.0 Å². The second-order valence-electron chi connectivity index (χ2n) is 7.55. The topological polar surface area (TPSA) is 69.7 Å². The van der Waals surface area contributed by atoms with Gasteiger partial charge in [0, 0.05) is 12.8 Å². The Labute approximate surface area is 181 Å². The molecule has 3 aromatic rings. The van der Waals surface area contributed by atoms with Gasteiger partial charge >= 0.3 is 0 Å². The van der Waals surface area contributed by atoms with Gasteiger partial charge in [-0.3, -0.25) is 0 Å². The zero-order valence-electron chi connectivity index (χ0n) is 17.9. The van der Waals surface area contributed by atoms with Crippen LogP contribution in [0.5, 0.6) is 5.75 Å². The molecule has 0 spiro atoms. The fraction of sp³-hybridized carbons (Fsp3) is 0.409. The summed E-state index contributed by atoms with van der Waals surface area (Å²) >= 11 is 0. The van der Waals surface area contributed by atoms with Crippen LogP contribution >= 0.6 is 0 Å². The van der Waals surface area contributed by atoms with Gasteiger partial charge in [-0.05, 0) is 46.8 Å². The van der Waals surface area contributed by atoms with Crippen molar-refractivity contribution in [2.75, 3.05) is 51.9 Å². The molecule has 9 heteroatoms. The number of tetrazole rings is 1. The summed E-state index contributed by atoms with van der Waals surface area (Å²) < 4.78 is 27.0. The van der Waals surface area contributed by atoms with Crippen molar-refractivity contribution < 1.29 is 18.8 Å². The average Bonchev–Trinajstić information content (AvgIpc) is 3.28. The SMILES string of the molecule is COCCn1nnnc1[C@@H](c1ccccc1F)[NH+]1CCN(c2ccc(OC)cc2)CC1. The summed E-state index contributed by atoms with van der Waals surface area (Å²) in [7, 11) is 3.31. The maximum absolute atomic E-state index is 14.8. The molecule has 1 N–H and O–H groups in total. The van der Waals surface area contributed by atoms with Crippen molar-refractivity contribution in [3.05, 3.63) is 65.7 Å². The molecule has 1 saturated heterocycles. The zero-order valence-corrected chi connectivity index (χ0v) is 17.9. The lowest BCUT2D eigenvalue weighted by molar-refractivity contribution is -0.927. The molecule has 31 heavy (non-hydrogen) atoms. The normalized spacial score (nSPS) is 15.8. The van der Waals surface area contributed by atoms with Crippen molar-refractivity contribution in [1.82, 2.24) is 20.2 Å². The number of hydrogen-bond acceptors (Lipinski definition) is 6. The smallest absolute Gasteiger partial charge is 0.214 e. The number of rotatable bonds is 8. The fourth-order valence-electron chi connectivity index (χ4n) is 4.14. The molecule has 8 nitrogen and oxygen atoms in total. The van der Waals surface area contributed by atoms with E-state index in [0.29, 0.717) is 24.5 Å². The Hall–Kier alpha value is -3.04. The largest absolute Gasteiger partial charge is 0.497 e. The van der Waals surface area contributed by atoms with Gasteiger partial charge in [0.25, 0.3) is 0 Å². The molecule has 0 radical (unpaired) electrons. The average molecular weight is 428 g/mol. The third kappa shape index (κ3) is 4.67. The Morgan fingerprint density at radius 1 is 1.06 bits per heavy atom. The van der Waals surface area contributed by atoms with Crippen molar-refractivity contribution in [3.63, 3.8) is 0 Å². The Balaban J connectivity index is 1.57. The number of anilines is 1. The highest BCUT2D eigenvalue weighted by atomic mass is 19.1. The van der Waals surface area contributed by atoms with E-state index >= 15 is 0 Å². The molecule has 0 unspecified atom stereocenters. The van der Waals surface area contributed by atoms with Gasteiger partial charge in [-0.15, -0.1) is 5.10 Å². The highest BCUT2D eigenvalue weighted by Crippen LogP contribution is 2.22. The minimum Gasteiger partial charge on any atom is -0.497 e. The number of ether oxygens (including phenoxy) is 2. The summed E-state index contributed by atoms with van der Waals surface area (Å²) in [6.45, 7) is 4.39. The van der Waals surface area contributed by atoms with E-state index in [2.05, 4.69) is 32.6 Å². The molecule has 2 heterocycles. The maximum Gasteiger partial charge on any atom is 0.214 e. The third-order valence-corrected chi connectivity index (χ3v) is 5.79. The molecule has 1 aliphatic rings. The monoisotopic (exact) mass is 427 g/mol. The molecule has 0 amide bonds. The lowest BCUT2D eigenvalue weighted by Gasteiger charge is -2.37. The number of methoxy groups -OCH3 is 2. The van der Waals surface area contributed by atoms with Gasteiger partial charge in [-0.25, -0.2) is 9.07 Å². The summed E-state index contributed by atoms with van der Waals surface area (Å²) in [5.41, 5.74) is 1.77. The minimum absolute atomic E-state index is 0.237. The molecule has 0 bridgehead atoms. The highest BCUT2D eigenvalue weighted by molar-refractivity contribution is 5.49. The molecule has 1 fully saturated rings. The highest BCUT2D eigenvalue weighted by Gasteiger charge is 2.35. The van der Waals surface area contributed by atoms with Crippen LogP contribution in [-0.2, 0) is 11.3 Å². The van der Waals surface area contributed by atoms with Gasteiger partial charge < -0.3 is 19.3 Å². The van der Waals surface area contributed by atoms with Crippen molar-refractivity contribution in [1.29, 1.82) is 0 Å². The van der Waals surface area contributed by atoms with Crippen molar-refractivity contribution in [2.24, 2.45) is 0 Å². The zero-order chi connectivity index (χ0) is 21.6. The Bertz CT molecular complexity index is 972. The van der Waals surface area contributed by atoms with E-state index in [-0.39, 0.29) is 11.9 Å². The van der Waals surface area contributed by atoms with Gasteiger partial charge in [0.1, 0.15) is 11.6 Å². The maximum atomic E-state index is 14.8. The van der Waals surface area contributed by atoms with Crippen molar-refractivity contribution in [3.8, 4) is 5.75 Å². The van der Waals surface area contributed by atoms with Crippen LogP contribution in [0.2, 0.25) is 0 Å². The van der Waals surface area contributed by atoms with Crippen LogP contribution < -0.4 is 14.5 Å². The fourth-order valence-corrected chi connectivity index (χ4v) is 4.14. The van der Waals surface area contributed by atoms with Crippen LogP contribution in [0.4, 0.5) is 10.1 Å². The van der Waals surface area contributed by atoms with Crippen LogP contribution in [0.1, 0.15) is 17.4 Å². The van der Waals surface area contributed by atoms with E-state index in [4.69, 9.17) is 9.47 Å².